The summed E-state index contributed by atoms with van der Waals surface area (Å²) in [5.41, 5.74) is 2.42. The first-order chi connectivity index (χ1) is 14.4. The van der Waals surface area contributed by atoms with E-state index in [4.69, 9.17) is 4.74 Å². The highest BCUT2D eigenvalue weighted by Crippen LogP contribution is 2.25. The first-order valence-electron chi connectivity index (χ1n) is 9.41. The number of nitrogens with one attached hydrogen (secondary N) is 1. The third-order valence-electron chi connectivity index (χ3n) is 4.46. The van der Waals surface area contributed by atoms with Crippen LogP contribution in [0.1, 0.15) is 34.8 Å². The fourth-order valence-electron chi connectivity index (χ4n) is 3.12. The summed E-state index contributed by atoms with van der Waals surface area (Å²) in [7, 11) is 0. The van der Waals surface area contributed by atoms with Crippen molar-refractivity contribution in [3.63, 3.8) is 0 Å². The van der Waals surface area contributed by atoms with Crippen LogP contribution in [0.15, 0.2) is 47.9 Å². The Labute approximate surface area is 178 Å². The highest BCUT2D eigenvalue weighted by Gasteiger charge is 2.30. The Kier molecular flexibility index (Phi) is 6.79. The number of nitrogens with zero attached hydrogens (tertiary/aromatic N) is 2. The van der Waals surface area contributed by atoms with Gasteiger partial charge in [0.25, 0.3) is 0 Å². The summed E-state index contributed by atoms with van der Waals surface area (Å²) >= 11 is 1.50. The lowest BCUT2D eigenvalue weighted by atomic mass is 10.0. The molecule has 8 heteroatoms. The van der Waals surface area contributed by atoms with Crippen LogP contribution in [0, 0.1) is 19.7 Å². The molecule has 0 aliphatic heterocycles. The first-order valence-corrected chi connectivity index (χ1v) is 10.3. The van der Waals surface area contributed by atoms with Crippen LogP contribution in [0.2, 0.25) is 0 Å². The SMILES string of the molecule is CCOC(=O)C(NC(=O)/C=C/c1cccs1)c1c(C)nn(-c2ccc(F)cc2)c1C. The summed E-state index contributed by atoms with van der Waals surface area (Å²) in [6, 6.07) is 8.63. The molecule has 3 aromatic rings. The van der Waals surface area contributed by atoms with E-state index in [2.05, 4.69) is 10.4 Å². The van der Waals surface area contributed by atoms with E-state index in [0.29, 0.717) is 22.6 Å². The van der Waals surface area contributed by atoms with Crippen LogP contribution in [0.3, 0.4) is 0 Å². The van der Waals surface area contributed by atoms with Crippen molar-refractivity contribution < 1.29 is 18.7 Å². The van der Waals surface area contributed by atoms with Gasteiger partial charge in [0.1, 0.15) is 5.82 Å². The zero-order valence-electron chi connectivity index (χ0n) is 16.9. The van der Waals surface area contributed by atoms with Gasteiger partial charge in [0.15, 0.2) is 6.04 Å². The topological polar surface area (TPSA) is 73.2 Å². The third kappa shape index (κ3) is 4.83. The number of halogens is 1. The molecule has 0 spiro atoms. The number of aryl methyl sites for hydroxylation is 1. The summed E-state index contributed by atoms with van der Waals surface area (Å²) in [5, 5.41) is 9.13. The number of aromatic nitrogens is 2. The van der Waals surface area contributed by atoms with Crippen LogP contribution >= 0.6 is 11.3 Å². The Balaban J connectivity index is 1.93. The molecule has 1 unspecified atom stereocenters. The van der Waals surface area contributed by atoms with Crippen LogP contribution in [0.25, 0.3) is 11.8 Å². The number of carbonyl (C=O) groups excluding carboxylic acids is 2. The lowest BCUT2D eigenvalue weighted by molar-refractivity contribution is -0.147. The number of amides is 1. The van der Waals surface area contributed by atoms with Crippen molar-refractivity contribution in [3.8, 4) is 5.69 Å². The van der Waals surface area contributed by atoms with Crippen molar-refractivity contribution in [2.24, 2.45) is 0 Å². The van der Waals surface area contributed by atoms with Gasteiger partial charge in [-0.15, -0.1) is 11.3 Å². The van der Waals surface area contributed by atoms with Crippen molar-refractivity contribution in [2.75, 3.05) is 6.61 Å². The molecular weight excluding hydrogens is 405 g/mol. The molecule has 2 aromatic heterocycles. The predicted octanol–water partition coefficient (Wildman–Crippen LogP) is 4.12. The van der Waals surface area contributed by atoms with E-state index in [9.17, 15) is 14.0 Å². The molecule has 0 saturated carbocycles. The van der Waals surface area contributed by atoms with Gasteiger partial charge in [-0.05, 0) is 62.6 Å². The lowest BCUT2D eigenvalue weighted by Gasteiger charge is -2.17. The molecular formula is C22H22FN3O3S. The smallest absolute Gasteiger partial charge is 0.333 e. The van der Waals surface area contributed by atoms with Crippen molar-refractivity contribution >= 4 is 29.3 Å². The molecule has 0 fully saturated rings. The Morgan fingerprint density at radius 1 is 1.27 bits per heavy atom. The monoisotopic (exact) mass is 427 g/mol. The number of hydrogen-bond acceptors (Lipinski definition) is 5. The molecule has 3 rings (SSSR count). The highest BCUT2D eigenvalue weighted by molar-refractivity contribution is 7.10. The van der Waals surface area contributed by atoms with Gasteiger partial charge in [-0.3, -0.25) is 4.79 Å². The minimum Gasteiger partial charge on any atom is -0.464 e. The van der Waals surface area contributed by atoms with Gasteiger partial charge in [-0.1, -0.05) is 6.07 Å². The largest absolute Gasteiger partial charge is 0.464 e. The van der Waals surface area contributed by atoms with E-state index < -0.39 is 17.9 Å². The number of benzene rings is 1. The fourth-order valence-corrected chi connectivity index (χ4v) is 3.73. The van der Waals surface area contributed by atoms with Crippen molar-refractivity contribution in [1.82, 2.24) is 15.1 Å². The lowest BCUT2D eigenvalue weighted by Crippen LogP contribution is -2.34. The van der Waals surface area contributed by atoms with Crippen LogP contribution < -0.4 is 5.32 Å². The summed E-state index contributed by atoms with van der Waals surface area (Å²) in [6.45, 7) is 5.43. The normalized spacial score (nSPS) is 12.1. The van der Waals surface area contributed by atoms with E-state index >= 15 is 0 Å². The molecule has 0 saturated heterocycles. The van der Waals surface area contributed by atoms with Gasteiger partial charge in [-0.2, -0.15) is 5.10 Å². The number of carbonyl (C=O) groups is 2. The van der Waals surface area contributed by atoms with E-state index in [1.807, 2.05) is 17.5 Å². The number of thiophene rings is 1. The molecule has 2 heterocycles. The van der Waals surface area contributed by atoms with Gasteiger partial charge in [0.2, 0.25) is 5.91 Å². The average Bonchev–Trinajstić information content (AvgIpc) is 3.34. The number of hydrogen-bond donors (Lipinski definition) is 1. The second-order valence-electron chi connectivity index (χ2n) is 6.52. The van der Waals surface area contributed by atoms with Crippen molar-refractivity contribution in [1.29, 1.82) is 0 Å². The van der Waals surface area contributed by atoms with Crippen LogP contribution in [0.5, 0.6) is 0 Å². The van der Waals surface area contributed by atoms with E-state index in [-0.39, 0.29) is 12.4 Å². The maximum absolute atomic E-state index is 13.3. The van der Waals surface area contributed by atoms with E-state index in [1.165, 1.54) is 29.5 Å². The van der Waals surface area contributed by atoms with Crippen molar-refractivity contribution in [2.45, 2.75) is 26.8 Å². The van der Waals surface area contributed by atoms with E-state index in [0.717, 1.165) is 4.88 Å². The maximum atomic E-state index is 13.3. The molecule has 0 bridgehead atoms. The van der Waals surface area contributed by atoms with Gasteiger partial charge < -0.3 is 10.1 Å². The van der Waals surface area contributed by atoms with Crippen LogP contribution in [0.4, 0.5) is 4.39 Å². The third-order valence-corrected chi connectivity index (χ3v) is 5.30. The Morgan fingerprint density at radius 2 is 2.00 bits per heavy atom. The first kappa shape index (κ1) is 21.4. The summed E-state index contributed by atoms with van der Waals surface area (Å²) in [5.74, 6) is -1.34. The molecule has 0 aliphatic carbocycles. The minimum absolute atomic E-state index is 0.181. The average molecular weight is 428 g/mol. The summed E-state index contributed by atoms with van der Waals surface area (Å²) in [4.78, 5) is 26.1. The zero-order chi connectivity index (χ0) is 21.7. The molecule has 156 valence electrons. The van der Waals surface area contributed by atoms with Crippen LogP contribution in [-0.2, 0) is 14.3 Å². The summed E-state index contributed by atoms with van der Waals surface area (Å²) in [6.07, 6.45) is 3.07. The molecule has 1 amide bonds. The van der Waals surface area contributed by atoms with Gasteiger partial charge in [-0.25, -0.2) is 13.9 Å². The second kappa shape index (κ2) is 9.49. The number of esters is 1. The fraction of sp³-hybridized carbons (Fsp3) is 0.227. The second-order valence-corrected chi connectivity index (χ2v) is 7.49. The van der Waals surface area contributed by atoms with Crippen LogP contribution in [-0.4, -0.2) is 28.3 Å². The molecule has 0 aliphatic rings. The standard InChI is InChI=1S/C22H22FN3O3S/c1-4-29-22(28)21(24-19(27)12-11-18-6-5-13-30-18)20-14(2)25-26(15(20)3)17-9-7-16(23)8-10-17/h5-13,21H,4H2,1-3H3,(H,24,27)/b12-11+. The summed E-state index contributed by atoms with van der Waals surface area (Å²) < 4.78 is 20.1. The van der Waals surface area contributed by atoms with Gasteiger partial charge in [0.05, 0.1) is 18.0 Å². The van der Waals surface area contributed by atoms with Crippen molar-refractivity contribution in [3.05, 3.63) is 75.5 Å². The predicted molar refractivity (Wildman–Crippen MR) is 114 cm³/mol. The van der Waals surface area contributed by atoms with Gasteiger partial charge in [0, 0.05) is 22.2 Å². The van der Waals surface area contributed by atoms with Gasteiger partial charge >= 0.3 is 5.97 Å². The number of ether oxygens (including phenoxy) is 1. The minimum atomic E-state index is -1.01. The zero-order valence-corrected chi connectivity index (χ0v) is 17.7. The Bertz CT molecular complexity index is 1060. The Hall–Kier alpha value is -3.26. The molecule has 30 heavy (non-hydrogen) atoms. The molecule has 1 N–H and O–H groups in total. The highest BCUT2D eigenvalue weighted by atomic mass is 32.1. The quantitative estimate of drug-likeness (QED) is 0.455. The maximum Gasteiger partial charge on any atom is 0.333 e. The molecule has 1 atom stereocenters. The number of rotatable bonds is 7. The molecule has 0 radical (unpaired) electrons. The Morgan fingerprint density at radius 3 is 2.63 bits per heavy atom. The molecule has 1 aromatic carbocycles. The molecule has 6 nitrogen and oxygen atoms in total. The van der Waals surface area contributed by atoms with E-state index in [1.54, 1.807) is 43.7 Å².